The standard InChI is InChI=1S/C18H13Cl3N4OS/c1-2-26-16-6-4-10(7-14(16)21)15-9-27-18-23-22-17(25(18)24-15)11-3-5-12(19)13(20)8-11/h3-8H,2,9H2,1H3. The topological polar surface area (TPSA) is 52.3 Å². The van der Waals surface area contributed by atoms with Crippen molar-refractivity contribution in [2.24, 2.45) is 5.10 Å². The number of hydrogen-bond acceptors (Lipinski definition) is 5. The van der Waals surface area contributed by atoms with Gasteiger partial charge in [0, 0.05) is 16.9 Å². The lowest BCUT2D eigenvalue weighted by Gasteiger charge is -2.15. The largest absolute Gasteiger partial charge is 0.492 e. The van der Waals surface area contributed by atoms with E-state index >= 15 is 0 Å². The van der Waals surface area contributed by atoms with Crippen LogP contribution in [-0.4, -0.2) is 32.9 Å². The first-order valence-corrected chi connectivity index (χ1v) is 10.2. The molecule has 27 heavy (non-hydrogen) atoms. The van der Waals surface area contributed by atoms with Crippen molar-refractivity contribution in [1.82, 2.24) is 14.9 Å². The second-order valence-corrected chi connectivity index (χ2v) is 7.82. The van der Waals surface area contributed by atoms with Crippen LogP contribution < -0.4 is 4.74 Å². The van der Waals surface area contributed by atoms with Crippen LogP contribution in [0.3, 0.4) is 0 Å². The first kappa shape index (κ1) is 18.6. The molecule has 0 fully saturated rings. The summed E-state index contributed by atoms with van der Waals surface area (Å²) >= 11 is 20.0. The monoisotopic (exact) mass is 438 g/mol. The van der Waals surface area contributed by atoms with Crippen LogP contribution >= 0.6 is 46.6 Å². The van der Waals surface area contributed by atoms with E-state index in [0.29, 0.717) is 39.0 Å². The van der Waals surface area contributed by atoms with Crippen molar-refractivity contribution in [2.45, 2.75) is 12.1 Å². The second kappa shape index (κ2) is 7.72. The van der Waals surface area contributed by atoms with Crippen molar-refractivity contribution in [1.29, 1.82) is 0 Å². The fraction of sp³-hybridized carbons (Fsp3) is 0.167. The number of rotatable bonds is 4. The summed E-state index contributed by atoms with van der Waals surface area (Å²) in [5, 5.41) is 15.4. The average molecular weight is 440 g/mol. The highest BCUT2D eigenvalue weighted by molar-refractivity contribution is 7.99. The number of nitrogens with zero attached hydrogens (tertiary/aromatic N) is 4. The SMILES string of the molecule is CCOc1ccc(C2=Nn3c(nnc3-c3ccc(Cl)c(Cl)c3)SC2)cc1Cl. The summed E-state index contributed by atoms with van der Waals surface area (Å²) in [7, 11) is 0. The number of thioether (sulfide) groups is 1. The van der Waals surface area contributed by atoms with Crippen LogP contribution in [0.4, 0.5) is 0 Å². The van der Waals surface area contributed by atoms with Crippen LogP contribution in [0.15, 0.2) is 46.7 Å². The minimum Gasteiger partial charge on any atom is -0.492 e. The first-order valence-electron chi connectivity index (χ1n) is 8.11. The summed E-state index contributed by atoms with van der Waals surface area (Å²) in [6.07, 6.45) is 0. The van der Waals surface area contributed by atoms with Crippen LogP contribution in [0.1, 0.15) is 12.5 Å². The van der Waals surface area contributed by atoms with Gasteiger partial charge in [0.25, 0.3) is 0 Å². The summed E-state index contributed by atoms with van der Waals surface area (Å²) in [4.78, 5) is 0. The van der Waals surface area contributed by atoms with Gasteiger partial charge in [0.05, 0.1) is 27.4 Å². The molecule has 0 aliphatic carbocycles. The molecular weight excluding hydrogens is 427 g/mol. The maximum Gasteiger partial charge on any atom is 0.212 e. The van der Waals surface area contributed by atoms with Gasteiger partial charge in [-0.25, -0.2) is 0 Å². The molecule has 0 radical (unpaired) electrons. The number of hydrogen-bond donors (Lipinski definition) is 0. The van der Waals surface area contributed by atoms with Gasteiger partial charge in [0.15, 0.2) is 5.82 Å². The van der Waals surface area contributed by atoms with Gasteiger partial charge in [-0.2, -0.15) is 9.78 Å². The Morgan fingerprint density at radius 1 is 1.00 bits per heavy atom. The van der Waals surface area contributed by atoms with Gasteiger partial charge in [-0.05, 0) is 43.3 Å². The highest BCUT2D eigenvalue weighted by Crippen LogP contribution is 2.33. The summed E-state index contributed by atoms with van der Waals surface area (Å²) < 4.78 is 7.21. The first-order chi connectivity index (χ1) is 13.1. The number of aromatic nitrogens is 3. The summed E-state index contributed by atoms with van der Waals surface area (Å²) in [5.41, 5.74) is 2.59. The molecule has 1 aromatic heterocycles. The Morgan fingerprint density at radius 2 is 1.78 bits per heavy atom. The highest BCUT2D eigenvalue weighted by Gasteiger charge is 2.21. The van der Waals surface area contributed by atoms with Crippen molar-refractivity contribution in [3.8, 4) is 17.1 Å². The van der Waals surface area contributed by atoms with Gasteiger partial charge >= 0.3 is 0 Å². The predicted molar refractivity (Wildman–Crippen MR) is 111 cm³/mol. The third-order valence-electron chi connectivity index (χ3n) is 3.91. The molecule has 0 amide bonds. The van der Waals surface area contributed by atoms with E-state index in [2.05, 4.69) is 10.2 Å². The van der Waals surface area contributed by atoms with Gasteiger partial charge in [-0.1, -0.05) is 46.6 Å². The molecule has 1 aliphatic heterocycles. The average Bonchev–Trinajstić information content (AvgIpc) is 3.09. The van der Waals surface area contributed by atoms with Crippen molar-refractivity contribution in [3.05, 3.63) is 57.0 Å². The zero-order valence-electron chi connectivity index (χ0n) is 14.1. The number of ether oxygens (including phenoxy) is 1. The maximum atomic E-state index is 6.32. The normalized spacial score (nSPS) is 13.3. The van der Waals surface area contributed by atoms with Crippen LogP contribution in [-0.2, 0) is 0 Å². The summed E-state index contributed by atoms with van der Waals surface area (Å²) in [6.45, 7) is 2.48. The molecule has 2 aromatic carbocycles. The fourth-order valence-electron chi connectivity index (χ4n) is 2.64. The van der Waals surface area contributed by atoms with Gasteiger partial charge in [-0.3, -0.25) is 0 Å². The molecule has 138 valence electrons. The van der Waals surface area contributed by atoms with E-state index in [4.69, 9.17) is 44.6 Å². The fourth-order valence-corrected chi connectivity index (χ4v) is 4.01. The Hall–Kier alpha value is -1.73. The molecule has 4 rings (SSSR count). The molecule has 0 bridgehead atoms. The summed E-state index contributed by atoms with van der Waals surface area (Å²) in [5.74, 6) is 1.93. The highest BCUT2D eigenvalue weighted by atomic mass is 35.5. The van der Waals surface area contributed by atoms with E-state index in [1.807, 2.05) is 31.2 Å². The van der Waals surface area contributed by atoms with E-state index < -0.39 is 0 Å². The molecule has 0 spiro atoms. The predicted octanol–water partition coefficient (Wildman–Crippen LogP) is 5.66. The Bertz CT molecular complexity index is 1050. The van der Waals surface area contributed by atoms with E-state index in [-0.39, 0.29) is 0 Å². The zero-order valence-corrected chi connectivity index (χ0v) is 17.2. The maximum absolute atomic E-state index is 6.32. The molecule has 1 aliphatic rings. The molecule has 0 atom stereocenters. The van der Waals surface area contributed by atoms with Crippen molar-refractivity contribution >= 4 is 52.3 Å². The quantitative estimate of drug-likeness (QED) is 0.526. The molecule has 0 N–H and O–H groups in total. The molecule has 0 saturated heterocycles. The van der Waals surface area contributed by atoms with Crippen molar-refractivity contribution in [3.63, 3.8) is 0 Å². The minimum absolute atomic E-state index is 0.456. The van der Waals surface area contributed by atoms with Gasteiger partial charge in [0.1, 0.15) is 5.75 Å². The van der Waals surface area contributed by atoms with Crippen molar-refractivity contribution in [2.75, 3.05) is 12.4 Å². The molecule has 0 unspecified atom stereocenters. The lowest BCUT2D eigenvalue weighted by Crippen LogP contribution is -2.14. The van der Waals surface area contributed by atoms with E-state index in [1.54, 1.807) is 28.6 Å². The number of fused-ring (bicyclic) bond motifs is 1. The number of benzene rings is 2. The molecule has 9 heteroatoms. The van der Waals surface area contributed by atoms with Crippen LogP contribution in [0, 0.1) is 0 Å². The van der Waals surface area contributed by atoms with Gasteiger partial charge in [0.2, 0.25) is 5.16 Å². The molecule has 0 saturated carbocycles. The van der Waals surface area contributed by atoms with Crippen LogP contribution in [0.25, 0.3) is 11.4 Å². The van der Waals surface area contributed by atoms with E-state index in [1.165, 1.54) is 0 Å². The summed E-state index contributed by atoms with van der Waals surface area (Å²) in [6, 6.07) is 11.0. The molecular formula is C18H13Cl3N4OS. The zero-order chi connectivity index (χ0) is 19.0. The third kappa shape index (κ3) is 3.67. The Balaban J connectivity index is 1.73. The molecule has 2 heterocycles. The van der Waals surface area contributed by atoms with Gasteiger partial charge < -0.3 is 4.74 Å². The lowest BCUT2D eigenvalue weighted by atomic mass is 10.1. The Labute approximate surface area is 175 Å². The third-order valence-corrected chi connectivity index (χ3v) is 5.88. The smallest absolute Gasteiger partial charge is 0.212 e. The van der Waals surface area contributed by atoms with E-state index in [9.17, 15) is 0 Å². The Morgan fingerprint density at radius 3 is 2.52 bits per heavy atom. The van der Waals surface area contributed by atoms with Crippen LogP contribution in [0.2, 0.25) is 15.1 Å². The molecule has 5 nitrogen and oxygen atoms in total. The molecule has 3 aromatic rings. The Kier molecular flexibility index (Phi) is 5.32. The number of halogens is 3. The van der Waals surface area contributed by atoms with E-state index in [0.717, 1.165) is 22.0 Å². The minimum atomic E-state index is 0.456. The van der Waals surface area contributed by atoms with Gasteiger partial charge in [-0.15, -0.1) is 10.2 Å². The van der Waals surface area contributed by atoms with Crippen LogP contribution in [0.5, 0.6) is 5.75 Å². The van der Waals surface area contributed by atoms with Crippen molar-refractivity contribution < 1.29 is 4.74 Å². The second-order valence-electron chi connectivity index (χ2n) is 5.66. The lowest BCUT2D eigenvalue weighted by molar-refractivity contribution is 0.340.